The van der Waals surface area contributed by atoms with Crippen molar-refractivity contribution in [3.63, 3.8) is 0 Å². The summed E-state index contributed by atoms with van der Waals surface area (Å²) in [6.45, 7) is 0. The van der Waals surface area contributed by atoms with Crippen molar-refractivity contribution in [1.29, 1.82) is 5.39 Å². The number of rotatable bonds is 2. The largest absolute Gasteiger partial charge is 1.00 e. The maximum absolute atomic E-state index is 8.78. The number of benzene rings is 1. The molecule has 0 aliphatic carbocycles. The second kappa shape index (κ2) is 10.2. The molecule has 1 aromatic rings. The summed E-state index contributed by atoms with van der Waals surface area (Å²) >= 11 is 1.63. The minimum atomic E-state index is 0. The maximum atomic E-state index is 8.78. The molecule has 0 saturated carbocycles. The van der Waals surface area contributed by atoms with Gasteiger partial charge in [-0.1, -0.05) is 0 Å². The Hall–Kier alpha value is -0.00662. The Labute approximate surface area is 126 Å². The molecule has 0 N–H and O–H groups in total. The number of hydrogen-bond acceptors (Lipinski definition) is 3. The van der Waals surface area contributed by atoms with Crippen LogP contribution in [0.5, 0.6) is 0 Å². The molecule has 85 valence electrons. The van der Waals surface area contributed by atoms with Gasteiger partial charge in [-0.05, 0) is 18.4 Å². The van der Waals surface area contributed by atoms with E-state index in [4.69, 9.17) is 5.39 Å². The van der Waals surface area contributed by atoms with Gasteiger partial charge in [-0.15, -0.1) is 11.8 Å². The molecule has 0 aliphatic heterocycles. The van der Waals surface area contributed by atoms with Crippen LogP contribution >= 0.6 is 11.8 Å². The van der Waals surface area contributed by atoms with Crippen molar-refractivity contribution in [1.82, 2.24) is 0 Å². The van der Waals surface area contributed by atoms with Gasteiger partial charge in [0.1, 0.15) is 5.69 Å². The van der Waals surface area contributed by atoms with E-state index in [2.05, 4.69) is 4.98 Å². The molecule has 0 heterocycles. The van der Waals surface area contributed by atoms with Crippen LogP contribution < -0.4 is 29.7 Å². The van der Waals surface area contributed by atoms with E-state index < -0.39 is 0 Å². The third-order valence-electron chi connectivity index (χ3n) is 1.77. The number of thioether (sulfide) groups is 1. The normalized spacial score (nSPS) is 7.62. The van der Waals surface area contributed by atoms with Crippen molar-refractivity contribution in [2.24, 2.45) is 0 Å². The van der Waals surface area contributed by atoms with Crippen LogP contribution in [0.1, 0.15) is 0 Å². The van der Waals surface area contributed by atoms with Gasteiger partial charge in [0.05, 0.1) is 0 Å². The molecule has 0 unspecified atom stereocenters. The van der Waals surface area contributed by atoms with Crippen molar-refractivity contribution < 1.29 is 44.3 Å². The molecule has 7 heteroatoms. The van der Waals surface area contributed by atoms with E-state index in [0.29, 0.717) is 5.69 Å². The Kier molecular flexibility index (Phi) is 13.5. The Morgan fingerprint density at radius 3 is 2.19 bits per heavy atom. The molecule has 0 saturated heterocycles. The first-order chi connectivity index (χ1) is 6.19. The van der Waals surface area contributed by atoms with Crippen LogP contribution in [0.25, 0.3) is 4.98 Å². The average molecular weight is 331 g/mol. The summed E-state index contributed by atoms with van der Waals surface area (Å²) in [6.07, 6.45) is 1.99. The topological polar surface area (TPSA) is 31.4 Å². The van der Waals surface area contributed by atoms with Crippen LogP contribution in [0.4, 0.5) is 11.4 Å². The number of halogens is 2. The minimum absolute atomic E-state index is 0. The standard InChI is InChI=1S/C9H12N3S.2ClH.Zn/c1-12(2)9-5-4-7(13-3)6-8(9)11-10;;;/h4-6H,1-3H3;2*1H;/q+1;;;+1/p-2. The molecule has 1 aromatic carbocycles. The minimum Gasteiger partial charge on any atom is -1.00 e. The van der Waals surface area contributed by atoms with Gasteiger partial charge in [0.25, 0.3) is 0 Å². The molecule has 16 heavy (non-hydrogen) atoms. The van der Waals surface area contributed by atoms with Crippen LogP contribution in [0.3, 0.4) is 0 Å². The molecule has 1 rings (SSSR count). The van der Waals surface area contributed by atoms with Crippen LogP contribution in [0.15, 0.2) is 23.1 Å². The van der Waals surface area contributed by atoms with E-state index >= 15 is 0 Å². The molecule has 0 aromatic heterocycles. The Balaban J connectivity index is -0.000000563. The second-order valence-corrected chi connectivity index (χ2v) is 3.73. The molecule has 1 radical (unpaired) electrons. The van der Waals surface area contributed by atoms with Crippen molar-refractivity contribution >= 4 is 23.1 Å². The zero-order valence-electron chi connectivity index (χ0n) is 9.44. The molecular formula is C9H12Cl2N3SZn. The Morgan fingerprint density at radius 2 is 1.81 bits per heavy atom. The smallest absolute Gasteiger partial charge is 1.00 e. The van der Waals surface area contributed by atoms with Crippen LogP contribution in [-0.2, 0) is 19.5 Å². The van der Waals surface area contributed by atoms with Gasteiger partial charge < -0.3 is 29.7 Å². The number of hydrogen-bond donors (Lipinski definition) is 0. The first kappa shape index (κ1) is 21.3. The van der Waals surface area contributed by atoms with Gasteiger partial charge in [0.15, 0.2) is 4.98 Å². The van der Waals surface area contributed by atoms with Gasteiger partial charge in [-0.25, -0.2) is 0 Å². The Bertz CT molecular complexity index is 355. The van der Waals surface area contributed by atoms with Gasteiger partial charge in [-0.2, -0.15) is 0 Å². The van der Waals surface area contributed by atoms with E-state index in [9.17, 15) is 0 Å². The second-order valence-electron chi connectivity index (χ2n) is 2.85. The number of diazo groups is 1. The van der Waals surface area contributed by atoms with Crippen molar-refractivity contribution in [2.45, 2.75) is 4.90 Å². The molecule has 3 nitrogen and oxygen atoms in total. The molecule has 0 amide bonds. The molecule has 0 fully saturated rings. The fourth-order valence-electron chi connectivity index (χ4n) is 1.09. The molecule has 0 aliphatic rings. The summed E-state index contributed by atoms with van der Waals surface area (Å²) < 4.78 is 0. The molecule has 0 bridgehead atoms. The Morgan fingerprint density at radius 1 is 1.25 bits per heavy atom. The molecule has 0 spiro atoms. The summed E-state index contributed by atoms with van der Waals surface area (Å²) in [6, 6.07) is 5.82. The van der Waals surface area contributed by atoms with E-state index in [1.807, 2.05) is 43.5 Å². The average Bonchev–Trinajstić information content (AvgIpc) is 2.16. The maximum Gasteiger partial charge on any atom is 1.00 e. The van der Waals surface area contributed by atoms with E-state index in [-0.39, 0.29) is 44.3 Å². The SMILES string of the molecule is CSc1ccc(N(C)C)c([N+]#N)c1.[Cl-].[Cl-].[Zn+]. The van der Waals surface area contributed by atoms with E-state index in [0.717, 1.165) is 10.6 Å². The zero-order valence-corrected chi connectivity index (χ0v) is 14.7. The first-order valence-corrected chi connectivity index (χ1v) is 5.12. The summed E-state index contributed by atoms with van der Waals surface area (Å²) in [5.74, 6) is 0. The van der Waals surface area contributed by atoms with E-state index in [1.54, 1.807) is 11.8 Å². The number of anilines is 1. The van der Waals surface area contributed by atoms with Crippen LogP contribution in [0, 0.1) is 5.39 Å². The first-order valence-electron chi connectivity index (χ1n) is 3.89. The van der Waals surface area contributed by atoms with E-state index in [1.165, 1.54) is 0 Å². The summed E-state index contributed by atoms with van der Waals surface area (Å²) in [5.41, 5.74) is 1.53. The summed E-state index contributed by atoms with van der Waals surface area (Å²) in [7, 11) is 3.84. The summed E-state index contributed by atoms with van der Waals surface area (Å²) in [4.78, 5) is 6.26. The predicted molar refractivity (Wildman–Crippen MR) is 57.3 cm³/mol. The molecule has 0 atom stereocenters. The third kappa shape index (κ3) is 5.36. The van der Waals surface area contributed by atoms with Gasteiger partial charge in [-0.3, -0.25) is 0 Å². The van der Waals surface area contributed by atoms with Gasteiger partial charge in [0.2, 0.25) is 5.39 Å². The van der Waals surface area contributed by atoms with Crippen LogP contribution in [0.2, 0.25) is 0 Å². The fraction of sp³-hybridized carbons (Fsp3) is 0.333. The van der Waals surface area contributed by atoms with Gasteiger partial charge >= 0.3 is 25.2 Å². The monoisotopic (exact) mass is 328 g/mol. The van der Waals surface area contributed by atoms with Crippen LogP contribution in [-0.4, -0.2) is 20.4 Å². The van der Waals surface area contributed by atoms with Crippen molar-refractivity contribution in [2.75, 3.05) is 25.3 Å². The predicted octanol–water partition coefficient (Wildman–Crippen LogP) is -3.04. The summed E-state index contributed by atoms with van der Waals surface area (Å²) in [5, 5.41) is 8.78. The number of nitrogens with zero attached hydrogens (tertiary/aromatic N) is 3. The van der Waals surface area contributed by atoms with Crippen molar-refractivity contribution in [3.8, 4) is 0 Å². The third-order valence-corrected chi connectivity index (χ3v) is 2.50. The quantitative estimate of drug-likeness (QED) is 0.328. The fourth-order valence-corrected chi connectivity index (χ4v) is 1.52. The zero-order chi connectivity index (χ0) is 9.84. The van der Waals surface area contributed by atoms with Gasteiger partial charge in [0, 0.05) is 25.1 Å². The molecular weight excluding hydrogens is 318 g/mol. The van der Waals surface area contributed by atoms with Crippen molar-refractivity contribution in [3.05, 3.63) is 23.2 Å².